The van der Waals surface area contributed by atoms with Gasteiger partial charge in [0.1, 0.15) is 5.82 Å². The van der Waals surface area contributed by atoms with Gasteiger partial charge in [0, 0.05) is 19.0 Å². The van der Waals surface area contributed by atoms with E-state index in [1.807, 2.05) is 17.9 Å². The van der Waals surface area contributed by atoms with Crippen molar-refractivity contribution in [2.75, 3.05) is 18.0 Å². The van der Waals surface area contributed by atoms with Crippen molar-refractivity contribution in [2.24, 2.45) is 5.92 Å². The number of carbonyl (C=O) groups excluding carboxylic acids is 1. The summed E-state index contributed by atoms with van der Waals surface area (Å²) in [5, 5.41) is 14.6. The highest BCUT2D eigenvalue weighted by molar-refractivity contribution is 6.42. The standard InChI is InChI=1S/C20H19Cl2F3N6O/c1-11(13-2-3-14(21)15(22)10-13)26-18(32)12-6-8-30(9-7-12)17-5-4-16-27-28-19(20(23,24)25)31(16)29-17/h2-5,10-12H,6-9H2,1H3,(H,26,32). The van der Waals surface area contributed by atoms with Gasteiger partial charge in [-0.1, -0.05) is 29.3 Å². The van der Waals surface area contributed by atoms with E-state index in [1.165, 1.54) is 6.07 Å². The Morgan fingerprint density at radius 3 is 2.50 bits per heavy atom. The summed E-state index contributed by atoms with van der Waals surface area (Å²) in [6, 6.07) is 8.03. The van der Waals surface area contributed by atoms with Gasteiger partial charge in [0.15, 0.2) is 5.65 Å². The molecule has 7 nitrogen and oxygen atoms in total. The maximum Gasteiger partial charge on any atom is 0.453 e. The predicted molar refractivity (Wildman–Crippen MR) is 114 cm³/mol. The quantitative estimate of drug-likeness (QED) is 0.585. The number of carbonyl (C=O) groups is 1. The van der Waals surface area contributed by atoms with Gasteiger partial charge in [0.25, 0.3) is 5.82 Å². The molecule has 3 heterocycles. The molecule has 1 aliphatic rings. The number of rotatable bonds is 4. The van der Waals surface area contributed by atoms with Crippen LogP contribution >= 0.6 is 23.2 Å². The number of piperidine rings is 1. The molecule has 3 aromatic rings. The summed E-state index contributed by atoms with van der Waals surface area (Å²) in [5.41, 5.74) is 0.865. The third-order valence-electron chi connectivity index (χ3n) is 5.49. The summed E-state index contributed by atoms with van der Waals surface area (Å²) >= 11 is 12.0. The molecule has 0 spiro atoms. The second-order valence-corrected chi connectivity index (χ2v) is 8.46. The normalized spacial score (nSPS) is 16.4. The Labute approximate surface area is 191 Å². The number of nitrogens with zero attached hydrogens (tertiary/aromatic N) is 5. The van der Waals surface area contributed by atoms with Crippen LogP contribution in [0.5, 0.6) is 0 Å². The van der Waals surface area contributed by atoms with Crippen LogP contribution in [0.4, 0.5) is 19.0 Å². The molecule has 0 aliphatic carbocycles. The number of hydrogen-bond donors (Lipinski definition) is 1. The molecule has 1 unspecified atom stereocenters. The van der Waals surface area contributed by atoms with Crippen molar-refractivity contribution in [2.45, 2.75) is 32.0 Å². The SMILES string of the molecule is CC(NC(=O)C1CCN(c2ccc3nnc(C(F)(F)F)n3n2)CC1)c1ccc(Cl)c(Cl)c1. The summed E-state index contributed by atoms with van der Waals surface area (Å²) in [5.74, 6) is -1.07. The van der Waals surface area contributed by atoms with Crippen LogP contribution in [-0.2, 0) is 11.0 Å². The number of nitrogens with one attached hydrogen (secondary N) is 1. The van der Waals surface area contributed by atoms with Crippen molar-refractivity contribution >= 4 is 40.6 Å². The summed E-state index contributed by atoms with van der Waals surface area (Å²) < 4.78 is 40.0. The Kier molecular flexibility index (Phi) is 6.17. The second kappa shape index (κ2) is 8.74. The number of alkyl halides is 3. The van der Waals surface area contributed by atoms with Gasteiger partial charge >= 0.3 is 6.18 Å². The Morgan fingerprint density at radius 2 is 1.84 bits per heavy atom. The third-order valence-corrected chi connectivity index (χ3v) is 6.23. The lowest BCUT2D eigenvalue weighted by Gasteiger charge is -2.32. The van der Waals surface area contributed by atoms with Crippen LogP contribution in [0.2, 0.25) is 10.0 Å². The van der Waals surface area contributed by atoms with Gasteiger partial charge < -0.3 is 10.2 Å². The van der Waals surface area contributed by atoms with Gasteiger partial charge in [0.05, 0.1) is 16.1 Å². The van der Waals surface area contributed by atoms with Crippen molar-refractivity contribution < 1.29 is 18.0 Å². The van der Waals surface area contributed by atoms with Crippen molar-refractivity contribution in [1.82, 2.24) is 25.1 Å². The van der Waals surface area contributed by atoms with Crippen LogP contribution < -0.4 is 10.2 Å². The summed E-state index contributed by atoms with van der Waals surface area (Å²) in [6.07, 6.45) is -3.55. The fourth-order valence-electron chi connectivity index (χ4n) is 3.69. The fraction of sp³-hybridized carbons (Fsp3) is 0.400. The molecule has 1 saturated heterocycles. The van der Waals surface area contributed by atoms with E-state index in [2.05, 4.69) is 20.6 Å². The van der Waals surface area contributed by atoms with Gasteiger partial charge in [-0.05, 0) is 49.6 Å². The molecule has 4 rings (SSSR count). The Morgan fingerprint density at radius 1 is 1.12 bits per heavy atom. The van der Waals surface area contributed by atoms with E-state index < -0.39 is 12.0 Å². The summed E-state index contributed by atoms with van der Waals surface area (Å²) in [7, 11) is 0. The lowest BCUT2D eigenvalue weighted by atomic mass is 9.95. The summed E-state index contributed by atoms with van der Waals surface area (Å²) in [4.78, 5) is 14.6. The minimum atomic E-state index is -4.65. The number of benzene rings is 1. The average Bonchev–Trinajstić information content (AvgIpc) is 3.19. The van der Waals surface area contributed by atoms with Crippen LogP contribution in [0, 0.1) is 5.92 Å². The number of fused-ring (bicyclic) bond motifs is 1. The highest BCUT2D eigenvalue weighted by Crippen LogP contribution is 2.29. The molecular weight excluding hydrogens is 468 g/mol. The minimum absolute atomic E-state index is 0.0200. The molecule has 0 saturated carbocycles. The topological polar surface area (TPSA) is 75.4 Å². The zero-order chi connectivity index (χ0) is 23.0. The highest BCUT2D eigenvalue weighted by Gasteiger charge is 2.38. The maximum absolute atomic E-state index is 13.1. The Hall–Kier alpha value is -2.59. The number of halogens is 5. The van der Waals surface area contributed by atoms with Gasteiger partial charge in [-0.25, -0.2) is 0 Å². The first-order valence-electron chi connectivity index (χ1n) is 9.93. The van der Waals surface area contributed by atoms with E-state index in [-0.39, 0.29) is 23.5 Å². The van der Waals surface area contributed by atoms with Crippen LogP contribution in [0.3, 0.4) is 0 Å². The molecule has 170 valence electrons. The molecule has 32 heavy (non-hydrogen) atoms. The minimum Gasteiger partial charge on any atom is -0.355 e. The molecule has 2 aromatic heterocycles. The van der Waals surface area contributed by atoms with Gasteiger partial charge in [-0.15, -0.1) is 15.3 Å². The molecule has 1 aliphatic heterocycles. The van der Waals surface area contributed by atoms with Crippen molar-refractivity contribution in [3.8, 4) is 0 Å². The molecule has 1 aromatic carbocycles. The molecule has 1 N–H and O–H groups in total. The first-order chi connectivity index (χ1) is 15.1. The number of aromatic nitrogens is 4. The lowest BCUT2D eigenvalue weighted by molar-refractivity contribution is -0.146. The van der Waals surface area contributed by atoms with Gasteiger partial charge in [0.2, 0.25) is 5.91 Å². The second-order valence-electron chi connectivity index (χ2n) is 7.65. The average molecular weight is 487 g/mol. The third kappa shape index (κ3) is 4.61. The van der Waals surface area contributed by atoms with E-state index in [0.717, 1.165) is 5.56 Å². The molecule has 0 bridgehead atoms. The lowest BCUT2D eigenvalue weighted by Crippen LogP contribution is -2.41. The van der Waals surface area contributed by atoms with E-state index in [4.69, 9.17) is 23.2 Å². The van der Waals surface area contributed by atoms with Gasteiger partial charge in [-0.3, -0.25) is 4.79 Å². The van der Waals surface area contributed by atoms with Crippen LogP contribution in [0.15, 0.2) is 30.3 Å². The Bertz CT molecular complexity index is 1140. The number of anilines is 1. The smallest absolute Gasteiger partial charge is 0.355 e. The van der Waals surface area contributed by atoms with Crippen molar-refractivity contribution in [3.05, 3.63) is 51.8 Å². The highest BCUT2D eigenvalue weighted by atomic mass is 35.5. The zero-order valence-electron chi connectivity index (χ0n) is 16.9. The van der Waals surface area contributed by atoms with Crippen molar-refractivity contribution in [3.63, 3.8) is 0 Å². The van der Waals surface area contributed by atoms with E-state index in [1.54, 1.807) is 18.2 Å². The molecule has 12 heteroatoms. The maximum atomic E-state index is 13.1. The fourth-order valence-corrected chi connectivity index (χ4v) is 4.00. The zero-order valence-corrected chi connectivity index (χ0v) is 18.4. The van der Waals surface area contributed by atoms with Crippen LogP contribution in [-0.4, -0.2) is 38.8 Å². The largest absolute Gasteiger partial charge is 0.453 e. The van der Waals surface area contributed by atoms with E-state index in [0.29, 0.717) is 46.3 Å². The first kappa shape index (κ1) is 22.6. The van der Waals surface area contributed by atoms with Crippen LogP contribution in [0.25, 0.3) is 5.65 Å². The first-order valence-corrected chi connectivity index (χ1v) is 10.7. The molecule has 1 atom stereocenters. The summed E-state index contributed by atoms with van der Waals surface area (Å²) in [6.45, 7) is 2.84. The molecule has 0 radical (unpaired) electrons. The molecule has 1 fully saturated rings. The Balaban J connectivity index is 1.39. The predicted octanol–water partition coefficient (Wildman–Crippen LogP) is 4.54. The van der Waals surface area contributed by atoms with E-state index >= 15 is 0 Å². The van der Waals surface area contributed by atoms with Crippen molar-refractivity contribution in [1.29, 1.82) is 0 Å². The molecule has 1 amide bonds. The number of hydrogen-bond acceptors (Lipinski definition) is 5. The van der Waals surface area contributed by atoms with Gasteiger partial charge in [-0.2, -0.15) is 17.7 Å². The van der Waals surface area contributed by atoms with E-state index in [9.17, 15) is 18.0 Å². The van der Waals surface area contributed by atoms with Crippen LogP contribution in [0.1, 0.15) is 37.2 Å². The molecular formula is C20H19Cl2F3N6O. The monoisotopic (exact) mass is 486 g/mol. The number of amides is 1.